The molecule has 0 aromatic carbocycles. The molecule has 0 atom stereocenters. The average Bonchev–Trinajstić information content (AvgIpc) is 2.29. The Labute approximate surface area is 101 Å². The highest BCUT2D eigenvalue weighted by Crippen LogP contribution is 2.36. The van der Waals surface area contributed by atoms with Gasteiger partial charge in [0.25, 0.3) is 5.92 Å². The summed E-state index contributed by atoms with van der Waals surface area (Å²) in [4.78, 5) is 14.3. The number of pyridine rings is 1. The highest BCUT2D eigenvalue weighted by molar-refractivity contribution is 5.87. The lowest BCUT2D eigenvalue weighted by atomic mass is 9.93. The first kappa shape index (κ1) is 12.6. The first-order valence-corrected chi connectivity index (χ1v) is 5.35. The van der Waals surface area contributed by atoms with Crippen LogP contribution in [0.5, 0.6) is 0 Å². The Morgan fingerprint density at radius 1 is 1.44 bits per heavy atom. The maximum absolute atomic E-state index is 13.6. The highest BCUT2D eigenvalue weighted by Gasteiger charge is 2.32. The van der Waals surface area contributed by atoms with Crippen molar-refractivity contribution in [2.45, 2.75) is 25.2 Å². The number of nitrogens with zero attached hydrogens (tertiary/aromatic N) is 1. The molecule has 2 rings (SSSR count). The van der Waals surface area contributed by atoms with Crippen LogP contribution in [0.25, 0.3) is 5.57 Å². The molecule has 0 saturated heterocycles. The number of carbonyl (C=O) groups is 1. The molecule has 0 radical (unpaired) electrons. The van der Waals surface area contributed by atoms with Gasteiger partial charge in [0.1, 0.15) is 11.5 Å². The second kappa shape index (κ2) is 4.44. The van der Waals surface area contributed by atoms with Crippen LogP contribution in [0.4, 0.5) is 13.2 Å². The Morgan fingerprint density at radius 3 is 2.67 bits per heavy atom. The molecule has 3 nitrogen and oxygen atoms in total. The minimum Gasteiger partial charge on any atom is -0.478 e. The van der Waals surface area contributed by atoms with Crippen LogP contribution in [0, 0.1) is 5.82 Å². The van der Waals surface area contributed by atoms with Gasteiger partial charge in [-0.2, -0.15) is 0 Å². The van der Waals surface area contributed by atoms with Gasteiger partial charge >= 0.3 is 5.97 Å². The van der Waals surface area contributed by atoms with Crippen LogP contribution >= 0.6 is 0 Å². The molecule has 1 aromatic heterocycles. The van der Waals surface area contributed by atoms with Gasteiger partial charge in [0, 0.05) is 19.0 Å². The Kier molecular flexibility index (Phi) is 3.11. The van der Waals surface area contributed by atoms with Crippen molar-refractivity contribution in [3.05, 3.63) is 35.4 Å². The van der Waals surface area contributed by atoms with E-state index >= 15 is 0 Å². The van der Waals surface area contributed by atoms with Gasteiger partial charge < -0.3 is 5.11 Å². The third-order valence-electron chi connectivity index (χ3n) is 2.80. The zero-order valence-corrected chi connectivity index (χ0v) is 9.29. The zero-order valence-electron chi connectivity index (χ0n) is 9.29. The maximum atomic E-state index is 13.6. The van der Waals surface area contributed by atoms with E-state index in [4.69, 9.17) is 5.11 Å². The SMILES string of the molecule is O=C(O)c1cnc(C2=CCC(F)(F)CC2)c(F)c1. The number of allylic oxidation sites excluding steroid dienone is 2. The van der Waals surface area contributed by atoms with Crippen molar-refractivity contribution < 1.29 is 23.1 Å². The lowest BCUT2D eigenvalue weighted by molar-refractivity contribution is -0.00609. The minimum atomic E-state index is -2.75. The van der Waals surface area contributed by atoms with Crippen LogP contribution in [-0.2, 0) is 0 Å². The average molecular weight is 257 g/mol. The molecule has 1 N–H and O–H groups in total. The largest absolute Gasteiger partial charge is 0.478 e. The molecule has 0 spiro atoms. The van der Waals surface area contributed by atoms with Gasteiger partial charge in [-0.15, -0.1) is 0 Å². The summed E-state index contributed by atoms with van der Waals surface area (Å²) < 4.78 is 39.5. The van der Waals surface area contributed by atoms with Crippen LogP contribution in [0.1, 0.15) is 35.3 Å². The smallest absolute Gasteiger partial charge is 0.337 e. The van der Waals surface area contributed by atoms with Crippen LogP contribution in [0.15, 0.2) is 18.3 Å². The summed E-state index contributed by atoms with van der Waals surface area (Å²) in [5.41, 5.74) is 0.0869. The molecule has 18 heavy (non-hydrogen) atoms. The Bertz CT molecular complexity index is 526. The molecule has 1 aliphatic carbocycles. The monoisotopic (exact) mass is 257 g/mol. The van der Waals surface area contributed by atoms with Crippen molar-refractivity contribution in [2.24, 2.45) is 0 Å². The zero-order chi connectivity index (χ0) is 13.3. The first-order chi connectivity index (χ1) is 8.39. The summed E-state index contributed by atoms with van der Waals surface area (Å²) in [6.07, 6.45) is 1.53. The predicted molar refractivity (Wildman–Crippen MR) is 57.9 cm³/mol. The third-order valence-corrected chi connectivity index (χ3v) is 2.80. The standard InChI is InChI=1S/C12H10F3NO2/c13-9-5-8(11(17)18)6-16-10(9)7-1-3-12(14,15)4-2-7/h1,5-6H,2-4H2,(H,17,18). The second-order valence-corrected chi connectivity index (χ2v) is 4.15. The third kappa shape index (κ3) is 2.52. The predicted octanol–water partition coefficient (Wildman–Crippen LogP) is 3.12. The Hall–Kier alpha value is -1.85. The summed E-state index contributed by atoms with van der Waals surface area (Å²) in [5, 5.41) is 8.66. The number of hydrogen-bond acceptors (Lipinski definition) is 2. The number of hydrogen-bond donors (Lipinski definition) is 1. The van der Waals surface area contributed by atoms with Crippen molar-refractivity contribution >= 4 is 11.5 Å². The molecule has 0 aliphatic heterocycles. The number of halogens is 3. The van der Waals surface area contributed by atoms with E-state index in [-0.39, 0.29) is 24.1 Å². The fourth-order valence-corrected chi connectivity index (χ4v) is 1.80. The van der Waals surface area contributed by atoms with Gasteiger partial charge in [0.05, 0.1) is 5.56 Å². The fraction of sp³-hybridized carbons (Fsp3) is 0.333. The quantitative estimate of drug-likeness (QED) is 0.885. The molecule has 1 aromatic rings. The van der Waals surface area contributed by atoms with E-state index < -0.39 is 24.1 Å². The minimum absolute atomic E-state index is 0.0311. The van der Waals surface area contributed by atoms with Gasteiger partial charge in [0.2, 0.25) is 0 Å². The summed E-state index contributed by atoms with van der Waals surface area (Å²) in [5.74, 6) is -4.83. The molecule has 0 unspecified atom stereocenters. The van der Waals surface area contributed by atoms with Crippen LogP contribution in [0.2, 0.25) is 0 Å². The molecule has 0 fully saturated rings. The molecule has 0 saturated carbocycles. The first-order valence-electron chi connectivity index (χ1n) is 5.35. The van der Waals surface area contributed by atoms with Crippen LogP contribution < -0.4 is 0 Å². The molecule has 0 bridgehead atoms. The van der Waals surface area contributed by atoms with Gasteiger partial charge in [-0.3, -0.25) is 4.98 Å². The molecule has 96 valence electrons. The summed E-state index contributed by atoms with van der Waals surface area (Å²) >= 11 is 0. The van der Waals surface area contributed by atoms with Crippen molar-refractivity contribution in [1.29, 1.82) is 0 Å². The summed E-state index contributed by atoms with van der Waals surface area (Å²) in [6, 6.07) is 0.845. The Balaban J connectivity index is 2.30. The summed E-state index contributed by atoms with van der Waals surface area (Å²) in [6.45, 7) is 0. The number of aromatic carboxylic acids is 1. The molecule has 1 aliphatic rings. The number of carboxylic acid groups (broad SMARTS) is 1. The van der Waals surface area contributed by atoms with E-state index in [1.54, 1.807) is 0 Å². The van der Waals surface area contributed by atoms with Crippen LogP contribution in [0.3, 0.4) is 0 Å². The lowest BCUT2D eigenvalue weighted by Crippen LogP contribution is -2.18. The van der Waals surface area contributed by atoms with E-state index in [1.165, 1.54) is 6.08 Å². The topological polar surface area (TPSA) is 50.2 Å². The maximum Gasteiger partial charge on any atom is 0.337 e. The molecular weight excluding hydrogens is 247 g/mol. The number of rotatable bonds is 2. The van der Waals surface area contributed by atoms with Crippen molar-refractivity contribution in [3.8, 4) is 0 Å². The van der Waals surface area contributed by atoms with Gasteiger partial charge in [-0.1, -0.05) is 6.08 Å². The van der Waals surface area contributed by atoms with E-state index in [2.05, 4.69) is 4.98 Å². The van der Waals surface area contributed by atoms with E-state index in [9.17, 15) is 18.0 Å². The van der Waals surface area contributed by atoms with Crippen molar-refractivity contribution in [2.75, 3.05) is 0 Å². The Morgan fingerprint density at radius 2 is 2.17 bits per heavy atom. The van der Waals surface area contributed by atoms with E-state index in [0.29, 0.717) is 5.57 Å². The molecule has 0 amide bonds. The molecule has 1 heterocycles. The van der Waals surface area contributed by atoms with Crippen molar-refractivity contribution in [3.63, 3.8) is 0 Å². The lowest BCUT2D eigenvalue weighted by Gasteiger charge is -2.21. The normalized spacial score (nSPS) is 18.3. The second-order valence-electron chi connectivity index (χ2n) is 4.15. The molecular formula is C12H10F3NO2. The number of aromatic nitrogens is 1. The van der Waals surface area contributed by atoms with Crippen LogP contribution in [-0.4, -0.2) is 22.0 Å². The van der Waals surface area contributed by atoms with Gasteiger partial charge in [-0.05, 0) is 18.1 Å². The van der Waals surface area contributed by atoms with E-state index in [0.717, 1.165) is 12.3 Å². The number of alkyl halides is 2. The summed E-state index contributed by atoms with van der Waals surface area (Å²) in [7, 11) is 0. The molecule has 6 heteroatoms. The number of carboxylic acids is 1. The van der Waals surface area contributed by atoms with Gasteiger partial charge in [0.15, 0.2) is 0 Å². The fourth-order valence-electron chi connectivity index (χ4n) is 1.80. The van der Waals surface area contributed by atoms with Gasteiger partial charge in [-0.25, -0.2) is 18.0 Å². The van der Waals surface area contributed by atoms with E-state index in [1.807, 2.05) is 0 Å². The highest BCUT2D eigenvalue weighted by atomic mass is 19.3. The van der Waals surface area contributed by atoms with Crippen molar-refractivity contribution in [1.82, 2.24) is 4.98 Å².